The zero-order chi connectivity index (χ0) is 40.4. The van der Waals surface area contributed by atoms with Gasteiger partial charge in [0.2, 0.25) is 5.91 Å². The van der Waals surface area contributed by atoms with Gasteiger partial charge in [-0.15, -0.1) is 0 Å². The first-order chi connectivity index (χ1) is 26.8. The van der Waals surface area contributed by atoms with Gasteiger partial charge in [0.15, 0.2) is 6.29 Å². The summed E-state index contributed by atoms with van der Waals surface area (Å²) in [5.41, 5.74) is 0. The van der Waals surface area contributed by atoms with Gasteiger partial charge in [0.25, 0.3) is 0 Å². The molecule has 8 atom stereocenters. The fraction of sp³-hybridized carbons (Fsp3) is 0.889. The van der Waals surface area contributed by atoms with Crippen molar-refractivity contribution in [1.82, 2.24) is 5.32 Å². The molecule has 1 aliphatic rings. The lowest BCUT2D eigenvalue weighted by molar-refractivity contribution is -0.302. The third-order valence-corrected chi connectivity index (χ3v) is 10.9. The summed E-state index contributed by atoms with van der Waals surface area (Å²) in [4.78, 5) is 13.0. The topological polar surface area (TPSA) is 169 Å². The van der Waals surface area contributed by atoms with Crippen LogP contribution in [0.2, 0.25) is 0 Å². The summed E-state index contributed by atoms with van der Waals surface area (Å²) in [6.07, 6.45) is 31.2. The van der Waals surface area contributed by atoms with Crippen LogP contribution in [0.5, 0.6) is 0 Å². The molecule has 324 valence electrons. The van der Waals surface area contributed by atoms with Gasteiger partial charge < -0.3 is 45.4 Å². The van der Waals surface area contributed by atoms with Gasteiger partial charge in [-0.1, -0.05) is 173 Å². The molecule has 55 heavy (non-hydrogen) atoms. The summed E-state index contributed by atoms with van der Waals surface area (Å²) in [7, 11) is 0. The number of carbonyl (C=O) groups is 1. The number of rotatable bonds is 37. The molecule has 1 aliphatic heterocycles. The molecule has 1 heterocycles. The minimum atomic E-state index is -1.61. The summed E-state index contributed by atoms with van der Waals surface area (Å²) in [6, 6.07) is -0.981. The van der Waals surface area contributed by atoms with E-state index in [1.807, 2.05) is 6.08 Å². The molecule has 0 aromatic carbocycles. The first kappa shape index (κ1) is 51.6. The molecule has 1 rings (SSSR count). The zero-order valence-electron chi connectivity index (χ0n) is 35.0. The quantitative estimate of drug-likeness (QED) is 0.0243. The SMILES string of the molecule is CCCCCCCCCCC/C=C\CCCCCCC(O)C(=O)NC(COC1OC(CO)C(O)C(O)C1O)C(O)/C=C/CCCCCCCCCCCCC. The maximum absolute atomic E-state index is 13.0. The average Bonchev–Trinajstić information content (AvgIpc) is 3.18. The molecule has 10 nitrogen and oxygen atoms in total. The Bertz CT molecular complexity index is 932. The molecule has 1 fully saturated rings. The number of hydrogen-bond acceptors (Lipinski definition) is 9. The lowest BCUT2D eigenvalue weighted by atomic mass is 9.99. The molecule has 1 amide bonds. The van der Waals surface area contributed by atoms with Crippen LogP contribution in [0.25, 0.3) is 0 Å². The van der Waals surface area contributed by atoms with E-state index >= 15 is 0 Å². The molecule has 8 unspecified atom stereocenters. The van der Waals surface area contributed by atoms with Crippen LogP contribution < -0.4 is 5.32 Å². The summed E-state index contributed by atoms with van der Waals surface area (Å²) < 4.78 is 11.1. The molecule has 0 bridgehead atoms. The molecule has 10 heteroatoms. The largest absolute Gasteiger partial charge is 0.394 e. The van der Waals surface area contributed by atoms with Gasteiger partial charge in [0, 0.05) is 0 Å². The summed E-state index contributed by atoms with van der Waals surface area (Å²) >= 11 is 0. The second-order valence-electron chi connectivity index (χ2n) is 16.0. The molecule has 0 radical (unpaired) electrons. The smallest absolute Gasteiger partial charge is 0.249 e. The minimum absolute atomic E-state index is 0.297. The number of amides is 1. The van der Waals surface area contributed by atoms with Gasteiger partial charge in [0.05, 0.1) is 25.4 Å². The number of carbonyl (C=O) groups excluding carboxylic acids is 1. The second kappa shape index (κ2) is 35.8. The molecule has 0 saturated carbocycles. The van der Waals surface area contributed by atoms with Gasteiger partial charge in [0.1, 0.15) is 30.5 Å². The van der Waals surface area contributed by atoms with Crippen LogP contribution in [0.4, 0.5) is 0 Å². The zero-order valence-corrected chi connectivity index (χ0v) is 35.0. The van der Waals surface area contributed by atoms with Crippen molar-refractivity contribution in [3.8, 4) is 0 Å². The molecule has 0 spiro atoms. The maximum Gasteiger partial charge on any atom is 0.249 e. The van der Waals surface area contributed by atoms with Crippen LogP contribution in [-0.2, 0) is 14.3 Å². The van der Waals surface area contributed by atoms with Gasteiger partial charge in [-0.3, -0.25) is 4.79 Å². The highest BCUT2D eigenvalue weighted by molar-refractivity contribution is 5.80. The van der Waals surface area contributed by atoms with Crippen LogP contribution in [0, 0.1) is 0 Å². The van der Waals surface area contributed by atoms with E-state index in [2.05, 4.69) is 31.3 Å². The molecular formula is C45H85NO9. The monoisotopic (exact) mass is 784 g/mol. The Hall–Kier alpha value is -1.37. The van der Waals surface area contributed by atoms with Crippen molar-refractivity contribution in [1.29, 1.82) is 0 Å². The van der Waals surface area contributed by atoms with Crippen molar-refractivity contribution < 1.29 is 44.9 Å². The minimum Gasteiger partial charge on any atom is -0.394 e. The molecule has 1 saturated heterocycles. The van der Waals surface area contributed by atoms with Crippen molar-refractivity contribution >= 4 is 5.91 Å². The van der Waals surface area contributed by atoms with Crippen LogP contribution >= 0.6 is 0 Å². The van der Waals surface area contributed by atoms with E-state index in [-0.39, 0.29) is 6.61 Å². The normalized spacial score (nSPS) is 22.1. The van der Waals surface area contributed by atoms with Crippen molar-refractivity contribution in [3.63, 3.8) is 0 Å². The summed E-state index contributed by atoms with van der Waals surface area (Å²) in [6.45, 7) is 3.59. The Morgan fingerprint density at radius 3 is 1.53 bits per heavy atom. The molecule has 0 aliphatic carbocycles. The lowest BCUT2D eigenvalue weighted by Crippen LogP contribution is -2.60. The van der Waals surface area contributed by atoms with E-state index in [0.29, 0.717) is 12.8 Å². The van der Waals surface area contributed by atoms with E-state index in [0.717, 1.165) is 51.4 Å². The van der Waals surface area contributed by atoms with Crippen molar-refractivity contribution in [2.24, 2.45) is 0 Å². The molecular weight excluding hydrogens is 698 g/mol. The van der Waals surface area contributed by atoms with Crippen LogP contribution in [0.15, 0.2) is 24.3 Å². The first-order valence-corrected chi connectivity index (χ1v) is 22.7. The number of aliphatic hydroxyl groups excluding tert-OH is 6. The number of ether oxygens (including phenoxy) is 2. The second-order valence-corrected chi connectivity index (χ2v) is 16.0. The fourth-order valence-corrected chi connectivity index (χ4v) is 7.10. The predicted octanol–water partition coefficient (Wildman–Crippen LogP) is 8.08. The van der Waals surface area contributed by atoms with Gasteiger partial charge in [-0.2, -0.15) is 0 Å². The van der Waals surface area contributed by atoms with Gasteiger partial charge >= 0.3 is 0 Å². The van der Waals surface area contributed by atoms with Crippen LogP contribution in [0.1, 0.15) is 194 Å². The summed E-state index contributed by atoms with van der Waals surface area (Å²) in [5, 5.41) is 64.6. The van der Waals surface area contributed by atoms with E-state index in [1.165, 1.54) is 116 Å². The van der Waals surface area contributed by atoms with E-state index in [1.54, 1.807) is 6.08 Å². The molecule has 0 aromatic rings. The highest BCUT2D eigenvalue weighted by atomic mass is 16.7. The van der Waals surface area contributed by atoms with Gasteiger partial charge in [-0.05, 0) is 44.9 Å². The molecule has 7 N–H and O–H groups in total. The van der Waals surface area contributed by atoms with E-state index < -0.39 is 61.5 Å². The number of hydrogen-bond donors (Lipinski definition) is 7. The van der Waals surface area contributed by atoms with E-state index in [4.69, 9.17) is 9.47 Å². The fourth-order valence-electron chi connectivity index (χ4n) is 7.10. The number of unbranched alkanes of at least 4 members (excludes halogenated alkanes) is 24. The number of aliphatic hydroxyl groups is 6. The molecule has 0 aromatic heterocycles. The predicted molar refractivity (Wildman–Crippen MR) is 223 cm³/mol. The van der Waals surface area contributed by atoms with Gasteiger partial charge in [-0.25, -0.2) is 0 Å². The number of allylic oxidation sites excluding steroid dienone is 3. The van der Waals surface area contributed by atoms with Crippen LogP contribution in [0.3, 0.4) is 0 Å². The maximum atomic E-state index is 13.0. The van der Waals surface area contributed by atoms with Crippen molar-refractivity contribution in [2.45, 2.75) is 243 Å². The third-order valence-electron chi connectivity index (χ3n) is 10.9. The number of nitrogens with one attached hydrogen (secondary N) is 1. The highest BCUT2D eigenvalue weighted by Crippen LogP contribution is 2.22. The third kappa shape index (κ3) is 26.3. The Labute approximate surface area is 335 Å². The standard InChI is InChI=1S/C45H85NO9/c1-3-5-7-9-11-13-15-17-18-19-20-22-24-26-28-30-32-34-39(49)44(53)46-37(36-54-45-43(52)42(51)41(50)40(35-47)55-45)38(48)33-31-29-27-25-23-21-16-14-12-10-8-6-4-2/h20,22,31,33,37-43,45,47-52H,3-19,21,23-30,32,34-36H2,1-2H3,(H,46,53)/b22-20-,33-31+. The lowest BCUT2D eigenvalue weighted by Gasteiger charge is -2.40. The average molecular weight is 784 g/mol. The first-order valence-electron chi connectivity index (χ1n) is 22.7. The van der Waals surface area contributed by atoms with E-state index in [9.17, 15) is 35.4 Å². The van der Waals surface area contributed by atoms with Crippen LogP contribution in [-0.4, -0.2) is 98.7 Å². The van der Waals surface area contributed by atoms with Crippen molar-refractivity contribution in [2.75, 3.05) is 13.2 Å². The van der Waals surface area contributed by atoms with Crippen molar-refractivity contribution in [3.05, 3.63) is 24.3 Å². The Morgan fingerprint density at radius 1 is 0.618 bits per heavy atom. The summed E-state index contributed by atoms with van der Waals surface area (Å²) in [5.74, 6) is -0.625. The Morgan fingerprint density at radius 2 is 1.05 bits per heavy atom. The highest BCUT2D eigenvalue weighted by Gasteiger charge is 2.44. The Kier molecular flexibility index (Phi) is 33.6. The Balaban J connectivity index is 2.43.